The molecule has 2 heterocycles. The lowest BCUT2D eigenvalue weighted by Gasteiger charge is -2.31. The predicted octanol–water partition coefficient (Wildman–Crippen LogP) is 3.34. The lowest BCUT2D eigenvalue weighted by atomic mass is 9.96. The van der Waals surface area contributed by atoms with Crippen molar-refractivity contribution >= 4 is 0 Å². The van der Waals surface area contributed by atoms with E-state index in [1.165, 1.54) is 12.1 Å². The summed E-state index contributed by atoms with van der Waals surface area (Å²) in [6.07, 6.45) is 4.35. The van der Waals surface area contributed by atoms with Crippen molar-refractivity contribution in [2.45, 2.75) is 44.1 Å². The number of benzene rings is 1. The zero-order valence-corrected chi connectivity index (χ0v) is 13.4. The molecule has 24 heavy (non-hydrogen) atoms. The third-order valence-electron chi connectivity index (χ3n) is 4.82. The van der Waals surface area contributed by atoms with Crippen LogP contribution in [0.2, 0.25) is 0 Å². The third kappa shape index (κ3) is 3.17. The summed E-state index contributed by atoms with van der Waals surface area (Å²) >= 11 is 0. The molecule has 2 aliphatic rings. The summed E-state index contributed by atoms with van der Waals surface area (Å²) < 4.78 is 19.4. The number of nitrogens with zero attached hydrogens (tertiary/aromatic N) is 4. The molecule has 2 fully saturated rings. The summed E-state index contributed by atoms with van der Waals surface area (Å²) in [7, 11) is 0. The molecule has 1 aliphatic heterocycles. The lowest BCUT2D eigenvalue weighted by molar-refractivity contribution is 0.192. The molecule has 0 radical (unpaired) electrons. The number of halogens is 1. The molecule has 6 heteroatoms. The van der Waals surface area contributed by atoms with E-state index < -0.39 is 0 Å². The Bertz CT molecular complexity index is 778. The maximum absolute atomic E-state index is 14.0. The van der Waals surface area contributed by atoms with Gasteiger partial charge in [0.15, 0.2) is 5.82 Å². The summed E-state index contributed by atoms with van der Waals surface area (Å²) in [5, 5.41) is 13.1. The molecule has 1 atom stereocenters. The fourth-order valence-electron chi connectivity index (χ4n) is 3.33. The highest BCUT2D eigenvalue weighted by atomic mass is 19.1. The van der Waals surface area contributed by atoms with E-state index in [-0.39, 0.29) is 11.7 Å². The number of hydrogen-bond donors (Lipinski definition) is 0. The van der Waals surface area contributed by atoms with Gasteiger partial charge >= 0.3 is 0 Å². The minimum atomic E-state index is -0.258. The van der Waals surface area contributed by atoms with Gasteiger partial charge in [0.1, 0.15) is 5.82 Å². The van der Waals surface area contributed by atoms with Crippen LogP contribution in [-0.4, -0.2) is 28.1 Å². The van der Waals surface area contributed by atoms with Gasteiger partial charge in [-0.2, -0.15) is 10.2 Å². The maximum atomic E-state index is 14.0. The number of aromatic nitrogens is 2. The topological polar surface area (TPSA) is 66.0 Å². The molecule has 0 spiro atoms. The quantitative estimate of drug-likeness (QED) is 0.862. The Kier molecular flexibility index (Phi) is 4.03. The minimum Gasteiger partial charge on any atom is -0.339 e. The largest absolute Gasteiger partial charge is 0.339 e. The van der Waals surface area contributed by atoms with Gasteiger partial charge in [-0.05, 0) is 50.4 Å². The van der Waals surface area contributed by atoms with Crippen molar-refractivity contribution in [3.05, 3.63) is 46.9 Å². The van der Waals surface area contributed by atoms with Crippen LogP contribution in [0.1, 0.15) is 60.4 Å². The first kappa shape index (κ1) is 15.3. The molecule has 1 aliphatic carbocycles. The van der Waals surface area contributed by atoms with Gasteiger partial charge < -0.3 is 4.52 Å². The summed E-state index contributed by atoms with van der Waals surface area (Å²) in [5.74, 6) is 2.00. The Morgan fingerprint density at radius 3 is 2.96 bits per heavy atom. The van der Waals surface area contributed by atoms with Crippen molar-refractivity contribution in [3.8, 4) is 6.07 Å². The summed E-state index contributed by atoms with van der Waals surface area (Å²) in [4.78, 5) is 6.77. The van der Waals surface area contributed by atoms with Crippen LogP contribution in [0.25, 0.3) is 0 Å². The van der Waals surface area contributed by atoms with E-state index in [0.717, 1.165) is 50.5 Å². The molecular weight excluding hydrogens is 307 g/mol. The number of nitriles is 1. The molecule has 1 aromatic heterocycles. The highest BCUT2D eigenvalue weighted by Crippen LogP contribution is 2.39. The van der Waals surface area contributed by atoms with E-state index >= 15 is 0 Å². The van der Waals surface area contributed by atoms with Crippen molar-refractivity contribution in [1.29, 1.82) is 5.26 Å². The average molecular weight is 326 g/mol. The van der Waals surface area contributed by atoms with Crippen LogP contribution >= 0.6 is 0 Å². The van der Waals surface area contributed by atoms with Gasteiger partial charge in [-0.1, -0.05) is 5.16 Å². The number of rotatable bonds is 4. The summed E-state index contributed by atoms with van der Waals surface area (Å²) in [6.45, 7) is 2.21. The van der Waals surface area contributed by atoms with Crippen molar-refractivity contribution in [2.24, 2.45) is 0 Å². The lowest BCUT2D eigenvalue weighted by Crippen LogP contribution is -2.34. The van der Waals surface area contributed by atoms with E-state index in [1.807, 2.05) is 0 Å². The first-order valence-electron chi connectivity index (χ1n) is 8.47. The first-order chi connectivity index (χ1) is 11.7. The monoisotopic (exact) mass is 326 g/mol. The van der Waals surface area contributed by atoms with E-state index in [2.05, 4.69) is 21.1 Å². The second-order valence-electron chi connectivity index (χ2n) is 6.76. The second-order valence-corrected chi connectivity index (χ2v) is 6.76. The standard InChI is InChI=1S/C18H19FN4O/c19-16-6-3-12(9-20)8-15(16)11-23-7-1-2-14(10-23)17-21-18(24-22-17)13-4-5-13/h3,6,8,13-14H,1-2,4-5,7,10-11H2/t14-/m1/s1. The second kappa shape index (κ2) is 6.33. The smallest absolute Gasteiger partial charge is 0.229 e. The van der Waals surface area contributed by atoms with Gasteiger partial charge in [-0.25, -0.2) is 4.39 Å². The molecule has 0 N–H and O–H groups in total. The molecule has 0 unspecified atom stereocenters. The van der Waals surface area contributed by atoms with Crippen molar-refractivity contribution in [1.82, 2.24) is 15.0 Å². The molecule has 4 rings (SSSR count). The minimum absolute atomic E-state index is 0.234. The van der Waals surface area contributed by atoms with Crippen LogP contribution in [0, 0.1) is 17.1 Å². The summed E-state index contributed by atoms with van der Waals surface area (Å²) in [6, 6.07) is 6.59. The van der Waals surface area contributed by atoms with Crippen LogP contribution in [0.15, 0.2) is 22.7 Å². The Balaban J connectivity index is 1.45. The Morgan fingerprint density at radius 1 is 1.29 bits per heavy atom. The molecular formula is C18H19FN4O. The van der Waals surface area contributed by atoms with E-state index in [4.69, 9.17) is 9.78 Å². The molecule has 1 saturated heterocycles. The average Bonchev–Trinajstić information content (AvgIpc) is 3.34. The van der Waals surface area contributed by atoms with Crippen LogP contribution in [0.3, 0.4) is 0 Å². The highest BCUT2D eigenvalue weighted by molar-refractivity contribution is 5.33. The van der Waals surface area contributed by atoms with Crippen molar-refractivity contribution in [2.75, 3.05) is 13.1 Å². The molecule has 124 valence electrons. The zero-order valence-electron chi connectivity index (χ0n) is 13.4. The van der Waals surface area contributed by atoms with Crippen molar-refractivity contribution < 1.29 is 8.91 Å². The maximum Gasteiger partial charge on any atom is 0.229 e. The van der Waals surface area contributed by atoms with E-state index in [9.17, 15) is 4.39 Å². The third-order valence-corrected chi connectivity index (χ3v) is 4.82. The van der Waals surface area contributed by atoms with Crippen LogP contribution < -0.4 is 0 Å². The Morgan fingerprint density at radius 2 is 2.17 bits per heavy atom. The fourth-order valence-corrected chi connectivity index (χ4v) is 3.33. The van der Waals surface area contributed by atoms with Gasteiger partial charge in [0.05, 0.1) is 11.6 Å². The Hall–Kier alpha value is -2.26. The van der Waals surface area contributed by atoms with Gasteiger partial charge in [-0.3, -0.25) is 4.90 Å². The van der Waals surface area contributed by atoms with Gasteiger partial charge in [0.2, 0.25) is 5.89 Å². The van der Waals surface area contributed by atoms with Gasteiger partial charge in [-0.15, -0.1) is 0 Å². The van der Waals surface area contributed by atoms with Gasteiger partial charge in [0, 0.05) is 30.5 Å². The highest BCUT2D eigenvalue weighted by Gasteiger charge is 2.32. The van der Waals surface area contributed by atoms with E-state index in [0.29, 0.717) is 23.6 Å². The first-order valence-corrected chi connectivity index (χ1v) is 8.47. The number of piperidine rings is 1. The fraction of sp³-hybridized carbons (Fsp3) is 0.500. The molecule has 0 amide bonds. The van der Waals surface area contributed by atoms with E-state index in [1.54, 1.807) is 6.07 Å². The molecule has 1 aromatic carbocycles. The summed E-state index contributed by atoms with van der Waals surface area (Å²) in [5.41, 5.74) is 1.06. The van der Waals surface area contributed by atoms with Crippen molar-refractivity contribution in [3.63, 3.8) is 0 Å². The number of likely N-dealkylation sites (tertiary alicyclic amines) is 1. The zero-order chi connectivity index (χ0) is 16.5. The molecule has 0 bridgehead atoms. The predicted molar refractivity (Wildman–Crippen MR) is 84.6 cm³/mol. The van der Waals surface area contributed by atoms with Gasteiger partial charge in [0.25, 0.3) is 0 Å². The SMILES string of the molecule is N#Cc1ccc(F)c(CN2CCC[C@@H](c3noc(C4CC4)n3)C2)c1. The molecule has 1 saturated carbocycles. The Labute approximate surface area is 140 Å². The molecule has 2 aromatic rings. The molecule has 5 nitrogen and oxygen atoms in total. The van der Waals surface area contributed by atoms with Crippen LogP contribution in [0.5, 0.6) is 0 Å². The van der Waals surface area contributed by atoms with Crippen LogP contribution in [-0.2, 0) is 6.54 Å². The normalized spacial score (nSPS) is 21.6. The van der Waals surface area contributed by atoms with Crippen LogP contribution in [0.4, 0.5) is 4.39 Å². The number of hydrogen-bond acceptors (Lipinski definition) is 5.